The van der Waals surface area contributed by atoms with Crippen molar-refractivity contribution < 1.29 is 0 Å². The molecule has 0 aliphatic rings. The van der Waals surface area contributed by atoms with Crippen molar-refractivity contribution in [3.63, 3.8) is 0 Å². The summed E-state index contributed by atoms with van der Waals surface area (Å²) in [5, 5.41) is 7.40. The Morgan fingerprint density at radius 2 is 2.14 bits per heavy atom. The molecule has 0 fully saturated rings. The molecule has 7 heteroatoms. The lowest BCUT2D eigenvalue weighted by Crippen LogP contribution is -2.13. The van der Waals surface area contributed by atoms with Crippen LogP contribution in [0.3, 0.4) is 0 Å². The van der Waals surface area contributed by atoms with E-state index >= 15 is 0 Å². The number of hydrogen-bond acceptors (Lipinski definition) is 4. The molecule has 0 spiro atoms. The van der Waals surface area contributed by atoms with Crippen molar-refractivity contribution in [3.05, 3.63) is 69.4 Å². The molecule has 0 amide bonds. The van der Waals surface area contributed by atoms with Crippen LogP contribution in [0, 0.1) is 0 Å². The van der Waals surface area contributed by atoms with Crippen LogP contribution < -0.4 is 10.9 Å². The van der Waals surface area contributed by atoms with Gasteiger partial charge in [0.25, 0.3) is 5.56 Å². The average Bonchev–Trinajstić information content (AvgIpc) is 3.03. The first-order chi connectivity index (χ1) is 10.3. The number of nitrogens with one attached hydrogen (secondary N) is 2. The maximum Gasteiger partial charge on any atom is 0.267 e. The van der Waals surface area contributed by atoms with Gasteiger partial charge in [0.05, 0.1) is 12.0 Å². The van der Waals surface area contributed by atoms with Gasteiger partial charge in [-0.15, -0.1) is 0 Å². The van der Waals surface area contributed by atoms with Gasteiger partial charge >= 0.3 is 0 Å². The van der Waals surface area contributed by atoms with Crippen LogP contribution in [-0.4, -0.2) is 19.7 Å². The first kappa shape index (κ1) is 13.6. The van der Waals surface area contributed by atoms with E-state index in [4.69, 9.17) is 0 Å². The fourth-order valence-corrected chi connectivity index (χ4v) is 2.34. The molecule has 0 unspecified atom stereocenters. The average molecular weight is 346 g/mol. The van der Waals surface area contributed by atoms with E-state index in [1.165, 1.54) is 6.33 Å². The van der Waals surface area contributed by atoms with E-state index in [1.807, 2.05) is 36.5 Å². The Kier molecular flexibility index (Phi) is 3.83. The normalized spacial score (nSPS) is 10.5. The second kappa shape index (κ2) is 5.92. The van der Waals surface area contributed by atoms with E-state index in [-0.39, 0.29) is 5.56 Å². The van der Waals surface area contributed by atoms with Gasteiger partial charge in [-0.2, -0.15) is 5.10 Å². The minimum absolute atomic E-state index is 0.215. The first-order valence-electron chi connectivity index (χ1n) is 6.30. The predicted octanol–water partition coefficient (Wildman–Crippen LogP) is 2.33. The van der Waals surface area contributed by atoms with Gasteiger partial charge in [-0.3, -0.25) is 4.79 Å². The lowest BCUT2D eigenvalue weighted by molar-refractivity contribution is 0.863. The highest BCUT2D eigenvalue weighted by Crippen LogP contribution is 2.17. The molecule has 3 aromatic rings. The van der Waals surface area contributed by atoms with Gasteiger partial charge in [-0.05, 0) is 33.6 Å². The van der Waals surface area contributed by atoms with Crippen LogP contribution in [-0.2, 0) is 6.54 Å². The molecule has 6 nitrogen and oxygen atoms in total. The van der Waals surface area contributed by atoms with E-state index in [9.17, 15) is 4.79 Å². The molecule has 0 saturated carbocycles. The number of para-hydroxylation sites is 1. The molecule has 1 aromatic carbocycles. The van der Waals surface area contributed by atoms with Gasteiger partial charge in [-0.1, -0.05) is 18.2 Å². The fraction of sp³-hybridized carbons (Fsp3) is 0.0714. The number of aromatic amines is 1. The van der Waals surface area contributed by atoms with E-state index in [0.29, 0.717) is 16.8 Å². The summed E-state index contributed by atoms with van der Waals surface area (Å²) >= 11 is 3.22. The molecule has 0 saturated heterocycles. The zero-order valence-electron chi connectivity index (χ0n) is 11.0. The van der Waals surface area contributed by atoms with Crippen LogP contribution in [0.25, 0.3) is 5.69 Å². The van der Waals surface area contributed by atoms with E-state index in [1.54, 1.807) is 10.9 Å². The zero-order valence-corrected chi connectivity index (χ0v) is 12.5. The van der Waals surface area contributed by atoms with Crippen molar-refractivity contribution in [1.82, 2.24) is 19.7 Å². The highest BCUT2D eigenvalue weighted by atomic mass is 79.9. The van der Waals surface area contributed by atoms with Crippen LogP contribution in [0.4, 0.5) is 5.82 Å². The SMILES string of the molecule is O=c1[nH]cnc(NCc2ccccc2-n2cccn2)c1Br. The zero-order chi connectivity index (χ0) is 14.7. The van der Waals surface area contributed by atoms with Crippen molar-refractivity contribution >= 4 is 21.7 Å². The molecule has 2 N–H and O–H groups in total. The van der Waals surface area contributed by atoms with Gasteiger partial charge in [-0.25, -0.2) is 9.67 Å². The Balaban J connectivity index is 1.86. The number of benzene rings is 1. The second-order valence-corrected chi connectivity index (χ2v) is 5.12. The van der Waals surface area contributed by atoms with Crippen LogP contribution in [0.5, 0.6) is 0 Å². The number of H-pyrrole nitrogens is 1. The molecule has 0 bridgehead atoms. The molecule has 3 rings (SSSR count). The van der Waals surface area contributed by atoms with Gasteiger partial charge in [0, 0.05) is 18.9 Å². The van der Waals surface area contributed by atoms with Crippen LogP contribution in [0.15, 0.2) is 58.3 Å². The van der Waals surface area contributed by atoms with Crippen LogP contribution in [0.2, 0.25) is 0 Å². The van der Waals surface area contributed by atoms with E-state index < -0.39 is 0 Å². The third-order valence-electron chi connectivity index (χ3n) is 2.99. The Morgan fingerprint density at radius 3 is 2.95 bits per heavy atom. The van der Waals surface area contributed by atoms with E-state index in [2.05, 4.69) is 36.3 Å². The molecule has 0 aliphatic heterocycles. The number of halogens is 1. The molecule has 2 aromatic heterocycles. The Labute approximate surface area is 129 Å². The summed E-state index contributed by atoms with van der Waals surface area (Å²) in [4.78, 5) is 18.1. The molecular weight excluding hydrogens is 334 g/mol. The number of hydrogen-bond donors (Lipinski definition) is 2. The lowest BCUT2D eigenvalue weighted by Gasteiger charge is -2.11. The molecule has 21 heavy (non-hydrogen) atoms. The Morgan fingerprint density at radius 1 is 1.29 bits per heavy atom. The molecule has 0 atom stereocenters. The highest BCUT2D eigenvalue weighted by molar-refractivity contribution is 9.10. The summed E-state index contributed by atoms with van der Waals surface area (Å²) in [7, 11) is 0. The summed E-state index contributed by atoms with van der Waals surface area (Å²) in [6.07, 6.45) is 4.99. The summed E-state index contributed by atoms with van der Waals surface area (Å²) < 4.78 is 2.19. The quantitative estimate of drug-likeness (QED) is 0.760. The van der Waals surface area contributed by atoms with E-state index in [0.717, 1.165) is 11.3 Å². The summed E-state index contributed by atoms with van der Waals surface area (Å²) in [6.45, 7) is 0.533. The minimum atomic E-state index is -0.215. The number of aromatic nitrogens is 4. The number of rotatable bonds is 4. The number of anilines is 1. The number of nitrogens with zero attached hydrogens (tertiary/aromatic N) is 3. The van der Waals surface area contributed by atoms with Crippen molar-refractivity contribution in [1.29, 1.82) is 0 Å². The Bertz CT molecular complexity index is 797. The fourth-order valence-electron chi connectivity index (χ4n) is 1.98. The first-order valence-corrected chi connectivity index (χ1v) is 7.10. The van der Waals surface area contributed by atoms with Crippen LogP contribution >= 0.6 is 15.9 Å². The molecule has 0 aliphatic carbocycles. The third-order valence-corrected chi connectivity index (χ3v) is 3.72. The predicted molar refractivity (Wildman–Crippen MR) is 83.4 cm³/mol. The monoisotopic (exact) mass is 345 g/mol. The van der Waals surface area contributed by atoms with Gasteiger partial charge in [0.1, 0.15) is 10.3 Å². The highest BCUT2D eigenvalue weighted by Gasteiger charge is 2.07. The minimum Gasteiger partial charge on any atom is -0.365 e. The van der Waals surface area contributed by atoms with Crippen LogP contribution in [0.1, 0.15) is 5.56 Å². The van der Waals surface area contributed by atoms with Gasteiger partial charge in [0.2, 0.25) is 0 Å². The topological polar surface area (TPSA) is 75.6 Å². The van der Waals surface area contributed by atoms with Crippen molar-refractivity contribution in [2.45, 2.75) is 6.54 Å². The lowest BCUT2D eigenvalue weighted by atomic mass is 10.2. The summed E-state index contributed by atoms with van der Waals surface area (Å²) in [5.41, 5.74) is 1.82. The largest absolute Gasteiger partial charge is 0.365 e. The molecule has 2 heterocycles. The summed E-state index contributed by atoms with van der Waals surface area (Å²) in [5.74, 6) is 0.508. The Hall–Kier alpha value is -2.41. The van der Waals surface area contributed by atoms with Crippen molar-refractivity contribution in [2.24, 2.45) is 0 Å². The van der Waals surface area contributed by atoms with Crippen molar-refractivity contribution in [3.8, 4) is 5.69 Å². The van der Waals surface area contributed by atoms with Gasteiger partial charge < -0.3 is 10.3 Å². The molecule has 0 radical (unpaired) electrons. The maximum absolute atomic E-state index is 11.5. The smallest absolute Gasteiger partial charge is 0.267 e. The third kappa shape index (κ3) is 2.87. The second-order valence-electron chi connectivity index (χ2n) is 4.33. The molecule has 106 valence electrons. The summed E-state index contributed by atoms with van der Waals surface area (Å²) in [6, 6.07) is 9.79. The maximum atomic E-state index is 11.5. The van der Waals surface area contributed by atoms with Gasteiger partial charge in [0.15, 0.2) is 0 Å². The molecular formula is C14H12BrN5O. The standard InChI is InChI=1S/C14H12BrN5O/c15-12-13(17-9-18-14(12)21)16-8-10-4-1-2-5-11(10)20-7-3-6-19-20/h1-7,9H,8H2,(H2,16,17,18,21). The van der Waals surface area contributed by atoms with Crippen molar-refractivity contribution in [2.75, 3.05) is 5.32 Å².